The molecule has 132 valence electrons. The first-order valence-corrected chi connectivity index (χ1v) is 8.46. The number of carbonyl (C=O) groups excluding carboxylic acids is 1. The average Bonchev–Trinajstić information content (AvgIpc) is 3.22. The van der Waals surface area contributed by atoms with Gasteiger partial charge >= 0.3 is 5.97 Å². The maximum absolute atomic E-state index is 12.7. The zero-order chi connectivity index (χ0) is 18.2. The fourth-order valence-corrected chi connectivity index (χ4v) is 3.41. The van der Waals surface area contributed by atoms with Crippen LogP contribution < -0.4 is 0 Å². The molecular formula is C18H19ClN2O4. The summed E-state index contributed by atoms with van der Waals surface area (Å²) in [5.41, 5.74) is -0.0164. The number of aromatic nitrogens is 1. The normalized spacial score (nSPS) is 20.2. The van der Waals surface area contributed by atoms with Crippen LogP contribution in [0.25, 0.3) is 11.3 Å². The first-order chi connectivity index (χ1) is 11.8. The second kappa shape index (κ2) is 6.52. The van der Waals surface area contributed by atoms with Crippen molar-refractivity contribution in [2.45, 2.75) is 20.3 Å². The number of halogens is 1. The molecular weight excluding hydrogens is 344 g/mol. The van der Waals surface area contributed by atoms with Crippen LogP contribution in [0.4, 0.5) is 0 Å². The lowest BCUT2D eigenvalue weighted by atomic mass is 9.76. The second-order valence-corrected chi connectivity index (χ2v) is 7.12. The minimum absolute atomic E-state index is 0.0675. The van der Waals surface area contributed by atoms with E-state index in [0.717, 1.165) is 5.56 Å². The number of carboxylic acid groups (broad SMARTS) is 1. The highest BCUT2D eigenvalue weighted by molar-refractivity contribution is 6.30. The van der Waals surface area contributed by atoms with Crippen LogP contribution in [-0.4, -0.2) is 40.1 Å². The molecule has 0 spiro atoms. The predicted octanol–water partition coefficient (Wildman–Crippen LogP) is 3.57. The van der Waals surface area contributed by atoms with Crippen molar-refractivity contribution < 1.29 is 19.2 Å². The number of hydrogen-bond acceptors (Lipinski definition) is 4. The molecule has 1 N–H and O–H groups in total. The Balaban J connectivity index is 1.80. The van der Waals surface area contributed by atoms with E-state index in [-0.39, 0.29) is 24.1 Å². The summed E-state index contributed by atoms with van der Waals surface area (Å²) in [5, 5.41) is 14.0. The minimum Gasteiger partial charge on any atom is -0.481 e. The topological polar surface area (TPSA) is 83.6 Å². The Hall–Kier alpha value is -2.34. The van der Waals surface area contributed by atoms with Gasteiger partial charge < -0.3 is 14.5 Å². The summed E-state index contributed by atoms with van der Waals surface area (Å²) in [5.74, 6) is -0.807. The van der Waals surface area contributed by atoms with Gasteiger partial charge in [0.05, 0.1) is 5.41 Å². The highest BCUT2D eigenvalue weighted by Gasteiger charge is 2.48. The summed E-state index contributed by atoms with van der Waals surface area (Å²) in [4.78, 5) is 25.9. The Morgan fingerprint density at radius 1 is 1.36 bits per heavy atom. The molecule has 0 aliphatic carbocycles. The molecule has 1 atom stereocenters. The molecule has 1 amide bonds. The van der Waals surface area contributed by atoms with E-state index in [4.69, 9.17) is 16.1 Å². The SMILES string of the molecule is CC(C)C1(C(=O)O)CCN(C(=O)c2cc(-c3cccc(Cl)c3)on2)C1. The van der Waals surface area contributed by atoms with E-state index >= 15 is 0 Å². The number of hydrogen-bond donors (Lipinski definition) is 1. The molecule has 1 aliphatic rings. The zero-order valence-corrected chi connectivity index (χ0v) is 14.8. The van der Waals surface area contributed by atoms with Gasteiger partial charge in [-0.2, -0.15) is 0 Å². The van der Waals surface area contributed by atoms with E-state index in [2.05, 4.69) is 5.16 Å². The van der Waals surface area contributed by atoms with Gasteiger partial charge in [0.1, 0.15) is 0 Å². The molecule has 6 nitrogen and oxygen atoms in total. The largest absolute Gasteiger partial charge is 0.481 e. The van der Waals surface area contributed by atoms with Crippen LogP contribution in [0.1, 0.15) is 30.8 Å². The van der Waals surface area contributed by atoms with Gasteiger partial charge in [-0.1, -0.05) is 42.7 Å². The van der Waals surface area contributed by atoms with Gasteiger partial charge in [0.15, 0.2) is 11.5 Å². The van der Waals surface area contributed by atoms with Crippen molar-refractivity contribution >= 4 is 23.5 Å². The van der Waals surface area contributed by atoms with Crippen LogP contribution in [0.5, 0.6) is 0 Å². The molecule has 7 heteroatoms. The van der Waals surface area contributed by atoms with E-state index in [1.165, 1.54) is 4.90 Å². The number of amides is 1. The highest BCUT2D eigenvalue weighted by atomic mass is 35.5. The van der Waals surface area contributed by atoms with Crippen LogP contribution in [-0.2, 0) is 4.79 Å². The molecule has 2 heterocycles. The lowest BCUT2D eigenvalue weighted by molar-refractivity contribution is -0.150. The highest BCUT2D eigenvalue weighted by Crippen LogP contribution is 2.38. The van der Waals surface area contributed by atoms with Gasteiger partial charge in [0.25, 0.3) is 5.91 Å². The molecule has 0 saturated carbocycles. The van der Waals surface area contributed by atoms with Crippen LogP contribution in [0.3, 0.4) is 0 Å². The van der Waals surface area contributed by atoms with E-state index in [0.29, 0.717) is 23.7 Å². The summed E-state index contributed by atoms with van der Waals surface area (Å²) in [6, 6.07) is 8.62. The van der Waals surface area contributed by atoms with Gasteiger partial charge in [-0.25, -0.2) is 0 Å². The van der Waals surface area contributed by atoms with Gasteiger partial charge in [-0.15, -0.1) is 0 Å². The van der Waals surface area contributed by atoms with Crippen molar-refractivity contribution in [3.05, 3.63) is 41.0 Å². The molecule has 1 unspecified atom stereocenters. The van der Waals surface area contributed by atoms with Crippen molar-refractivity contribution in [3.8, 4) is 11.3 Å². The molecule has 0 radical (unpaired) electrons. The van der Waals surface area contributed by atoms with Crippen molar-refractivity contribution in [2.24, 2.45) is 11.3 Å². The fraction of sp³-hybridized carbons (Fsp3) is 0.389. The Morgan fingerprint density at radius 3 is 2.72 bits per heavy atom. The van der Waals surface area contributed by atoms with E-state index < -0.39 is 11.4 Å². The van der Waals surface area contributed by atoms with Crippen LogP contribution in [0.15, 0.2) is 34.9 Å². The van der Waals surface area contributed by atoms with Gasteiger partial charge in [0, 0.05) is 29.7 Å². The summed E-state index contributed by atoms with van der Waals surface area (Å²) in [6.07, 6.45) is 0.435. The zero-order valence-electron chi connectivity index (χ0n) is 14.0. The molecule has 1 aliphatic heterocycles. The van der Waals surface area contributed by atoms with E-state index in [1.54, 1.807) is 24.3 Å². The lowest BCUT2D eigenvalue weighted by Crippen LogP contribution is -2.40. The molecule has 1 aromatic carbocycles. The molecule has 2 aromatic rings. The summed E-state index contributed by atoms with van der Waals surface area (Å²) in [6.45, 7) is 4.31. The Labute approximate surface area is 150 Å². The number of carboxylic acids is 1. The van der Waals surface area contributed by atoms with E-state index in [1.807, 2.05) is 19.9 Å². The van der Waals surface area contributed by atoms with Crippen molar-refractivity contribution in [1.29, 1.82) is 0 Å². The standard InChI is InChI=1S/C18H19ClN2O4/c1-11(2)18(17(23)24)6-7-21(10-18)16(22)14-9-15(25-20-14)12-4-3-5-13(19)8-12/h3-5,8-9,11H,6-7,10H2,1-2H3,(H,23,24). The van der Waals surface area contributed by atoms with Gasteiger partial charge in [0.2, 0.25) is 0 Å². The summed E-state index contributed by atoms with van der Waals surface area (Å²) >= 11 is 5.97. The predicted molar refractivity (Wildman–Crippen MR) is 92.4 cm³/mol. The maximum Gasteiger partial charge on any atom is 0.311 e. The third-order valence-corrected chi connectivity index (χ3v) is 5.19. The number of benzene rings is 1. The van der Waals surface area contributed by atoms with Crippen molar-refractivity contribution in [2.75, 3.05) is 13.1 Å². The van der Waals surface area contributed by atoms with Gasteiger partial charge in [-0.05, 0) is 24.5 Å². The number of rotatable bonds is 4. The van der Waals surface area contributed by atoms with Crippen LogP contribution in [0.2, 0.25) is 5.02 Å². The summed E-state index contributed by atoms with van der Waals surface area (Å²) < 4.78 is 5.26. The number of carbonyl (C=O) groups is 2. The number of nitrogens with zero attached hydrogens (tertiary/aromatic N) is 2. The maximum atomic E-state index is 12.7. The first kappa shape index (κ1) is 17.5. The quantitative estimate of drug-likeness (QED) is 0.898. The average molecular weight is 363 g/mol. The van der Waals surface area contributed by atoms with Crippen molar-refractivity contribution in [3.63, 3.8) is 0 Å². The fourth-order valence-electron chi connectivity index (χ4n) is 3.22. The minimum atomic E-state index is -0.908. The Kier molecular flexibility index (Phi) is 4.56. The first-order valence-electron chi connectivity index (χ1n) is 8.09. The molecule has 1 saturated heterocycles. The molecule has 3 rings (SSSR count). The molecule has 25 heavy (non-hydrogen) atoms. The number of likely N-dealkylation sites (tertiary alicyclic amines) is 1. The molecule has 1 fully saturated rings. The van der Waals surface area contributed by atoms with Crippen molar-refractivity contribution in [1.82, 2.24) is 10.1 Å². The summed E-state index contributed by atoms with van der Waals surface area (Å²) in [7, 11) is 0. The third-order valence-electron chi connectivity index (χ3n) is 4.96. The van der Waals surface area contributed by atoms with E-state index in [9.17, 15) is 14.7 Å². The lowest BCUT2D eigenvalue weighted by Gasteiger charge is -2.28. The molecule has 0 bridgehead atoms. The monoisotopic (exact) mass is 362 g/mol. The second-order valence-electron chi connectivity index (χ2n) is 6.68. The van der Waals surface area contributed by atoms with Crippen LogP contribution in [0, 0.1) is 11.3 Å². The Morgan fingerprint density at radius 2 is 2.12 bits per heavy atom. The number of aliphatic carboxylic acids is 1. The smallest absolute Gasteiger partial charge is 0.311 e. The third kappa shape index (κ3) is 3.14. The van der Waals surface area contributed by atoms with Crippen LogP contribution >= 0.6 is 11.6 Å². The molecule has 1 aromatic heterocycles. The van der Waals surface area contributed by atoms with Gasteiger partial charge in [-0.3, -0.25) is 9.59 Å². The Bertz CT molecular complexity index is 817.